The number of H-pyrrole nitrogens is 1. The van der Waals surface area contributed by atoms with Crippen molar-refractivity contribution in [3.05, 3.63) is 47.2 Å². The minimum absolute atomic E-state index is 0.319. The van der Waals surface area contributed by atoms with E-state index in [1.807, 2.05) is 6.92 Å². The van der Waals surface area contributed by atoms with Crippen molar-refractivity contribution in [3.8, 4) is 0 Å². The Morgan fingerprint density at radius 1 is 1.35 bits per heavy atom. The number of aromatic nitrogens is 1. The summed E-state index contributed by atoms with van der Waals surface area (Å²) in [5, 5.41) is 11.2. The van der Waals surface area contributed by atoms with E-state index in [4.69, 9.17) is 0 Å². The van der Waals surface area contributed by atoms with Crippen LogP contribution in [0.5, 0.6) is 0 Å². The summed E-state index contributed by atoms with van der Waals surface area (Å²) in [5.41, 5.74) is 5.31. The van der Waals surface area contributed by atoms with E-state index in [-0.39, 0.29) is 6.10 Å². The lowest BCUT2D eigenvalue weighted by atomic mass is 9.90. The van der Waals surface area contributed by atoms with Gasteiger partial charge in [-0.15, -0.1) is 0 Å². The van der Waals surface area contributed by atoms with Gasteiger partial charge in [-0.05, 0) is 37.0 Å². The summed E-state index contributed by atoms with van der Waals surface area (Å²) in [4.78, 5) is 6.13. The van der Waals surface area contributed by atoms with Crippen molar-refractivity contribution in [2.75, 3.05) is 13.1 Å². The maximum Gasteiger partial charge on any atom is 0.0734 e. The predicted molar refractivity (Wildman–Crippen MR) is 80.7 cm³/mol. The topological polar surface area (TPSA) is 39.3 Å². The number of nitrogens with one attached hydrogen (secondary N) is 1. The lowest BCUT2D eigenvalue weighted by Gasteiger charge is -2.39. The van der Waals surface area contributed by atoms with Crippen LogP contribution in [0, 0.1) is 0 Å². The van der Waals surface area contributed by atoms with Crippen LogP contribution in [0.2, 0.25) is 0 Å². The second kappa shape index (κ2) is 4.47. The van der Waals surface area contributed by atoms with Crippen LogP contribution in [0.3, 0.4) is 0 Å². The summed E-state index contributed by atoms with van der Waals surface area (Å²) in [6.07, 6.45) is 4.01. The van der Waals surface area contributed by atoms with Gasteiger partial charge < -0.3 is 10.1 Å². The van der Waals surface area contributed by atoms with Gasteiger partial charge in [0.25, 0.3) is 0 Å². The fourth-order valence-electron chi connectivity index (χ4n) is 3.69. The molecule has 0 radical (unpaired) electrons. The smallest absolute Gasteiger partial charge is 0.0734 e. The summed E-state index contributed by atoms with van der Waals surface area (Å²) in [6.45, 7) is 3.85. The number of fused-ring (bicyclic) bond motifs is 5. The van der Waals surface area contributed by atoms with Crippen LogP contribution in [-0.4, -0.2) is 34.2 Å². The first-order valence-electron chi connectivity index (χ1n) is 7.44. The molecule has 104 valence electrons. The number of para-hydroxylation sites is 1. The molecule has 0 amide bonds. The molecule has 2 aromatic rings. The number of benzene rings is 1. The van der Waals surface area contributed by atoms with E-state index in [9.17, 15) is 5.11 Å². The van der Waals surface area contributed by atoms with E-state index < -0.39 is 0 Å². The minimum atomic E-state index is -0.319. The highest BCUT2D eigenvalue weighted by atomic mass is 16.3. The number of aliphatic hydroxyl groups excluding tert-OH is 1. The summed E-state index contributed by atoms with van der Waals surface area (Å²) >= 11 is 0. The highest BCUT2D eigenvalue weighted by molar-refractivity contribution is 5.85. The van der Waals surface area contributed by atoms with Crippen molar-refractivity contribution in [1.29, 1.82) is 0 Å². The van der Waals surface area contributed by atoms with Crippen molar-refractivity contribution in [1.82, 2.24) is 9.88 Å². The van der Waals surface area contributed by atoms with Gasteiger partial charge in [-0.3, -0.25) is 4.90 Å². The van der Waals surface area contributed by atoms with Gasteiger partial charge in [0.15, 0.2) is 0 Å². The van der Waals surface area contributed by atoms with Crippen LogP contribution in [0.15, 0.2) is 35.9 Å². The number of hydrogen-bond donors (Lipinski definition) is 2. The van der Waals surface area contributed by atoms with Gasteiger partial charge in [0.2, 0.25) is 0 Å². The number of aromatic amines is 1. The average molecular weight is 268 g/mol. The zero-order chi connectivity index (χ0) is 13.7. The van der Waals surface area contributed by atoms with E-state index >= 15 is 0 Å². The van der Waals surface area contributed by atoms with Gasteiger partial charge in [0.05, 0.1) is 12.1 Å². The van der Waals surface area contributed by atoms with E-state index in [1.165, 1.54) is 27.7 Å². The molecule has 4 rings (SSSR count). The van der Waals surface area contributed by atoms with Gasteiger partial charge in [-0.1, -0.05) is 24.3 Å². The molecular weight excluding hydrogens is 248 g/mol. The van der Waals surface area contributed by atoms with Crippen molar-refractivity contribution in [2.24, 2.45) is 0 Å². The molecular formula is C17H20N2O. The van der Waals surface area contributed by atoms with Crippen LogP contribution < -0.4 is 0 Å². The van der Waals surface area contributed by atoms with E-state index in [1.54, 1.807) is 0 Å². The normalized spacial score (nSPS) is 24.1. The largest absolute Gasteiger partial charge is 0.389 e. The lowest BCUT2D eigenvalue weighted by Crippen LogP contribution is -2.40. The summed E-state index contributed by atoms with van der Waals surface area (Å²) in [5.74, 6) is 0. The monoisotopic (exact) mass is 268 g/mol. The lowest BCUT2D eigenvalue weighted by molar-refractivity contribution is 0.156. The number of rotatable bonds is 1. The summed E-state index contributed by atoms with van der Waals surface area (Å²) in [6, 6.07) is 9.05. The fraction of sp³-hybridized carbons (Fsp3) is 0.412. The van der Waals surface area contributed by atoms with Crippen molar-refractivity contribution >= 4 is 10.9 Å². The molecule has 2 unspecified atom stereocenters. The maximum atomic E-state index is 9.77. The summed E-state index contributed by atoms with van der Waals surface area (Å²) in [7, 11) is 0. The average Bonchev–Trinajstić information content (AvgIpc) is 2.85. The number of hydrogen-bond acceptors (Lipinski definition) is 2. The zero-order valence-electron chi connectivity index (χ0n) is 11.8. The van der Waals surface area contributed by atoms with Crippen LogP contribution in [0.1, 0.15) is 30.6 Å². The summed E-state index contributed by atoms with van der Waals surface area (Å²) < 4.78 is 0. The molecule has 0 bridgehead atoms. The van der Waals surface area contributed by atoms with Crippen LogP contribution in [0.25, 0.3) is 10.9 Å². The molecule has 2 aliphatic heterocycles. The quantitative estimate of drug-likeness (QED) is 0.781. The second-order valence-corrected chi connectivity index (χ2v) is 5.99. The molecule has 0 aliphatic carbocycles. The molecule has 2 aliphatic rings. The highest BCUT2D eigenvalue weighted by Crippen LogP contribution is 2.39. The fourth-order valence-corrected chi connectivity index (χ4v) is 3.69. The predicted octanol–water partition coefficient (Wildman–Crippen LogP) is 2.78. The molecule has 3 nitrogen and oxygen atoms in total. The zero-order valence-corrected chi connectivity index (χ0v) is 11.8. The Bertz CT molecular complexity index is 683. The van der Waals surface area contributed by atoms with Crippen molar-refractivity contribution < 1.29 is 5.11 Å². The molecule has 0 fully saturated rings. The molecule has 2 N–H and O–H groups in total. The molecule has 1 aromatic carbocycles. The third-order valence-electron chi connectivity index (χ3n) is 4.80. The highest BCUT2D eigenvalue weighted by Gasteiger charge is 2.32. The van der Waals surface area contributed by atoms with Crippen LogP contribution in [0.4, 0.5) is 0 Å². The maximum absolute atomic E-state index is 9.77. The van der Waals surface area contributed by atoms with Gasteiger partial charge in [-0.2, -0.15) is 0 Å². The Morgan fingerprint density at radius 3 is 3.05 bits per heavy atom. The SMILES string of the molecule is CC(O)C1=CCC2c3[nH]c4ccccc4c3CCN2C1. The Morgan fingerprint density at radius 2 is 2.20 bits per heavy atom. The number of nitrogens with zero attached hydrogens (tertiary/aromatic N) is 1. The first-order chi connectivity index (χ1) is 9.74. The Labute approximate surface area is 118 Å². The Kier molecular flexibility index (Phi) is 2.72. The third-order valence-corrected chi connectivity index (χ3v) is 4.80. The Balaban J connectivity index is 1.77. The van der Waals surface area contributed by atoms with Crippen LogP contribution in [-0.2, 0) is 6.42 Å². The molecule has 1 aromatic heterocycles. The molecule has 0 saturated carbocycles. The first-order valence-corrected chi connectivity index (χ1v) is 7.44. The molecule has 3 heterocycles. The number of aliphatic hydroxyl groups is 1. The molecule has 3 heteroatoms. The third kappa shape index (κ3) is 1.74. The van der Waals surface area contributed by atoms with Gasteiger partial charge in [0.1, 0.15) is 0 Å². The Hall–Kier alpha value is -1.58. The first kappa shape index (κ1) is 12.2. The van der Waals surface area contributed by atoms with Gasteiger partial charge in [-0.25, -0.2) is 0 Å². The standard InChI is InChI=1S/C17H20N2O/c1-11(20)12-6-7-16-17-14(8-9-19(16)10-12)13-4-2-3-5-15(13)18-17/h2-6,11,16,18,20H,7-10H2,1H3. The minimum Gasteiger partial charge on any atom is -0.389 e. The van der Waals surface area contributed by atoms with E-state index in [0.717, 1.165) is 25.9 Å². The molecule has 2 atom stereocenters. The molecule has 20 heavy (non-hydrogen) atoms. The van der Waals surface area contributed by atoms with Crippen LogP contribution >= 0.6 is 0 Å². The van der Waals surface area contributed by atoms with Gasteiger partial charge in [0, 0.05) is 29.7 Å². The van der Waals surface area contributed by atoms with E-state index in [0.29, 0.717) is 6.04 Å². The second-order valence-electron chi connectivity index (χ2n) is 5.99. The molecule has 0 saturated heterocycles. The van der Waals surface area contributed by atoms with Crippen molar-refractivity contribution in [2.45, 2.75) is 31.9 Å². The van der Waals surface area contributed by atoms with Crippen molar-refractivity contribution in [3.63, 3.8) is 0 Å². The molecule has 0 spiro atoms. The van der Waals surface area contributed by atoms with Gasteiger partial charge >= 0.3 is 0 Å². The van der Waals surface area contributed by atoms with E-state index in [2.05, 4.69) is 40.2 Å².